The van der Waals surface area contributed by atoms with Crippen molar-refractivity contribution in [2.45, 2.75) is 13.3 Å². The number of allylic oxidation sites excluding steroid dienone is 1. The van der Waals surface area contributed by atoms with Gasteiger partial charge in [0.2, 0.25) is 0 Å². The molecule has 0 radical (unpaired) electrons. The van der Waals surface area contributed by atoms with Crippen molar-refractivity contribution < 1.29 is 9.90 Å². The maximum atomic E-state index is 10.8. The smallest absolute Gasteiger partial charge is 0.328 e. The number of aromatic nitrogens is 3. The highest BCUT2D eigenvalue weighted by atomic mass is 16.4. The van der Waals surface area contributed by atoms with Crippen LogP contribution in [0.25, 0.3) is 22.9 Å². The lowest BCUT2D eigenvalue weighted by Crippen LogP contribution is -1.97. The molecule has 0 aliphatic heterocycles. The van der Waals surface area contributed by atoms with Gasteiger partial charge in [0.05, 0.1) is 0 Å². The van der Waals surface area contributed by atoms with Gasteiger partial charge < -0.3 is 5.11 Å². The SMILES string of the molecule is CCC(=C(c1ccc(C=CC(=O)O)cc1)c1ccn2ncnc2c1)c1ccccc1. The van der Waals surface area contributed by atoms with Crippen LogP contribution in [-0.4, -0.2) is 25.7 Å². The summed E-state index contributed by atoms with van der Waals surface area (Å²) >= 11 is 0. The van der Waals surface area contributed by atoms with Crippen LogP contribution in [-0.2, 0) is 4.79 Å². The number of hydrogen-bond acceptors (Lipinski definition) is 3. The molecule has 2 aromatic carbocycles. The summed E-state index contributed by atoms with van der Waals surface area (Å²) < 4.78 is 1.75. The molecule has 5 heteroatoms. The van der Waals surface area contributed by atoms with Crippen LogP contribution in [0.3, 0.4) is 0 Å². The Morgan fingerprint density at radius 2 is 1.77 bits per heavy atom. The van der Waals surface area contributed by atoms with Crippen molar-refractivity contribution >= 4 is 28.8 Å². The lowest BCUT2D eigenvalue weighted by atomic mass is 9.88. The van der Waals surface area contributed by atoms with Gasteiger partial charge in [-0.2, -0.15) is 5.10 Å². The van der Waals surface area contributed by atoms with Gasteiger partial charge in [-0.25, -0.2) is 14.3 Å². The first kappa shape index (κ1) is 19.3. The second kappa shape index (κ2) is 8.57. The van der Waals surface area contributed by atoms with E-state index in [2.05, 4.69) is 29.1 Å². The van der Waals surface area contributed by atoms with E-state index in [0.29, 0.717) is 0 Å². The molecular formula is C25H21N3O2. The van der Waals surface area contributed by atoms with Crippen LogP contribution < -0.4 is 0 Å². The maximum absolute atomic E-state index is 10.8. The largest absolute Gasteiger partial charge is 0.478 e. The van der Waals surface area contributed by atoms with Crippen molar-refractivity contribution in [3.63, 3.8) is 0 Å². The highest BCUT2D eigenvalue weighted by Gasteiger charge is 2.14. The van der Waals surface area contributed by atoms with Crippen LogP contribution >= 0.6 is 0 Å². The first-order valence-corrected chi connectivity index (χ1v) is 9.75. The van der Waals surface area contributed by atoms with Gasteiger partial charge in [-0.3, -0.25) is 0 Å². The molecule has 0 unspecified atom stereocenters. The number of hydrogen-bond donors (Lipinski definition) is 1. The van der Waals surface area contributed by atoms with E-state index in [-0.39, 0.29) is 0 Å². The molecule has 0 amide bonds. The third kappa shape index (κ3) is 4.05. The Labute approximate surface area is 174 Å². The number of carboxylic acid groups (broad SMARTS) is 1. The molecule has 0 bridgehead atoms. The monoisotopic (exact) mass is 395 g/mol. The van der Waals surface area contributed by atoms with Crippen LogP contribution in [0.2, 0.25) is 0 Å². The fourth-order valence-corrected chi connectivity index (χ4v) is 3.58. The van der Waals surface area contributed by atoms with Gasteiger partial charge in [-0.1, -0.05) is 61.5 Å². The Kier molecular flexibility index (Phi) is 5.52. The molecule has 0 aliphatic carbocycles. The molecule has 0 spiro atoms. The lowest BCUT2D eigenvalue weighted by molar-refractivity contribution is -0.131. The van der Waals surface area contributed by atoms with Crippen molar-refractivity contribution in [3.8, 4) is 0 Å². The van der Waals surface area contributed by atoms with Gasteiger partial charge in [-0.15, -0.1) is 0 Å². The standard InChI is InChI=1S/C25H21N3O2/c1-2-22(19-6-4-3-5-7-19)25(21-14-15-28-23(16-21)26-17-27-28)20-11-8-18(9-12-20)10-13-24(29)30/h3-17H,2H2,1H3,(H,29,30). The molecule has 0 aliphatic rings. The first-order chi connectivity index (χ1) is 14.7. The minimum atomic E-state index is -0.960. The minimum absolute atomic E-state index is 0.787. The van der Waals surface area contributed by atoms with E-state index < -0.39 is 5.97 Å². The van der Waals surface area contributed by atoms with Gasteiger partial charge in [0, 0.05) is 12.3 Å². The van der Waals surface area contributed by atoms with Gasteiger partial charge >= 0.3 is 5.97 Å². The van der Waals surface area contributed by atoms with Crippen molar-refractivity contribution in [1.82, 2.24) is 14.6 Å². The number of aliphatic carboxylic acids is 1. The number of carboxylic acids is 1. The highest BCUT2D eigenvalue weighted by molar-refractivity contribution is 5.99. The molecule has 0 fully saturated rings. The van der Waals surface area contributed by atoms with Crippen molar-refractivity contribution in [3.05, 3.63) is 108 Å². The normalized spacial score (nSPS) is 12.3. The summed E-state index contributed by atoms with van der Waals surface area (Å²) in [6, 6.07) is 22.4. The molecule has 30 heavy (non-hydrogen) atoms. The Morgan fingerprint density at radius 3 is 2.47 bits per heavy atom. The zero-order chi connectivity index (χ0) is 20.9. The average Bonchev–Trinajstić information content (AvgIpc) is 3.25. The third-order valence-electron chi connectivity index (χ3n) is 4.96. The summed E-state index contributed by atoms with van der Waals surface area (Å²) in [7, 11) is 0. The van der Waals surface area contributed by atoms with E-state index >= 15 is 0 Å². The molecule has 4 rings (SSSR count). The zero-order valence-electron chi connectivity index (χ0n) is 16.6. The van der Waals surface area contributed by atoms with Gasteiger partial charge in [0.1, 0.15) is 6.33 Å². The Balaban J connectivity index is 1.89. The molecule has 148 valence electrons. The van der Waals surface area contributed by atoms with E-state index in [1.165, 1.54) is 11.1 Å². The zero-order valence-corrected chi connectivity index (χ0v) is 16.6. The van der Waals surface area contributed by atoms with Crippen molar-refractivity contribution in [1.29, 1.82) is 0 Å². The van der Waals surface area contributed by atoms with E-state index in [0.717, 1.165) is 40.4 Å². The van der Waals surface area contributed by atoms with Crippen LogP contribution in [0.4, 0.5) is 0 Å². The molecule has 4 aromatic rings. The minimum Gasteiger partial charge on any atom is -0.478 e. The third-order valence-corrected chi connectivity index (χ3v) is 4.96. The Bertz CT molecular complexity index is 1240. The van der Waals surface area contributed by atoms with E-state index in [9.17, 15) is 4.79 Å². The Morgan fingerprint density at radius 1 is 1.00 bits per heavy atom. The molecule has 1 N–H and O–H groups in total. The molecular weight excluding hydrogens is 374 g/mol. The molecule has 0 atom stereocenters. The average molecular weight is 395 g/mol. The number of rotatable bonds is 6. The fourth-order valence-electron chi connectivity index (χ4n) is 3.58. The van der Waals surface area contributed by atoms with Crippen LogP contribution in [0.5, 0.6) is 0 Å². The predicted octanol–water partition coefficient (Wildman–Crippen LogP) is 5.20. The quantitative estimate of drug-likeness (QED) is 0.360. The van der Waals surface area contributed by atoms with E-state index in [1.807, 2.05) is 60.8 Å². The molecule has 2 heterocycles. The number of nitrogens with zero attached hydrogens (tertiary/aromatic N) is 3. The number of pyridine rings is 1. The topological polar surface area (TPSA) is 67.5 Å². The van der Waals surface area contributed by atoms with Gasteiger partial charge in [-0.05, 0) is 58.0 Å². The number of fused-ring (bicyclic) bond motifs is 1. The predicted molar refractivity (Wildman–Crippen MR) is 119 cm³/mol. The summed E-state index contributed by atoms with van der Waals surface area (Å²) in [6.45, 7) is 2.15. The summed E-state index contributed by atoms with van der Waals surface area (Å²) in [5.41, 5.74) is 7.28. The summed E-state index contributed by atoms with van der Waals surface area (Å²) in [5, 5.41) is 13.1. The second-order valence-electron chi connectivity index (χ2n) is 6.84. The second-order valence-corrected chi connectivity index (χ2v) is 6.84. The Hall–Kier alpha value is -3.99. The van der Waals surface area contributed by atoms with Crippen molar-refractivity contribution in [2.75, 3.05) is 0 Å². The van der Waals surface area contributed by atoms with Crippen LogP contribution in [0, 0.1) is 0 Å². The summed E-state index contributed by atoms with van der Waals surface area (Å²) in [5.74, 6) is -0.960. The lowest BCUT2D eigenvalue weighted by Gasteiger charge is -2.16. The van der Waals surface area contributed by atoms with Gasteiger partial charge in [0.15, 0.2) is 5.65 Å². The fraction of sp³-hybridized carbons (Fsp3) is 0.0800. The van der Waals surface area contributed by atoms with Crippen LogP contribution in [0.1, 0.15) is 35.6 Å². The number of carbonyl (C=O) groups is 1. The molecule has 0 saturated carbocycles. The van der Waals surface area contributed by atoms with Gasteiger partial charge in [0.25, 0.3) is 0 Å². The maximum Gasteiger partial charge on any atom is 0.328 e. The van der Waals surface area contributed by atoms with E-state index in [4.69, 9.17) is 5.11 Å². The highest BCUT2D eigenvalue weighted by Crippen LogP contribution is 2.34. The van der Waals surface area contributed by atoms with Crippen LogP contribution in [0.15, 0.2) is 85.3 Å². The first-order valence-electron chi connectivity index (χ1n) is 9.75. The molecule has 2 aromatic heterocycles. The van der Waals surface area contributed by atoms with Crippen molar-refractivity contribution in [2.24, 2.45) is 0 Å². The summed E-state index contributed by atoms with van der Waals surface area (Å²) in [4.78, 5) is 15.1. The molecule has 5 nitrogen and oxygen atoms in total. The number of benzene rings is 2. The molecule has 0 saturated heterocycles. The van der Waals surface area contributed by atoms with E-state index in [1.54, 1.807) is 16.9 Å². The summed E-state index contributed by atoms with van der Waals surface area (Å²) in [6.07, 6.45) is 7.06.